The van der Waals surface area contributed by atoms with Crippen molar-refractivity contribution in [1.82, 2.24) is 0 Å². The van der Waals surface area contributed by atoms with Crippen molar-refractivity contribution in [3.8, 4) is 16.9 Å². The molecule has 0 aliphatic carbocycles. The summed E-state index contributed by atoms with van der Waals surface area (Å²) in [7, 11) is 14.0. The molecule has 0 saturated carbocycles. The van der Waals surface area contributed by atoms with Crippen molar-refractivity contribution in [1.29, 1.82) is 0 Å². The zero-order valence-electron chi connectivity index (χ0n) is 10.7. The number of hydrogen-bond acceptors (Lipinski definition) is 1. The molecule has 19 heavy (non-hydrogen) atoms. The summed E-state index contributed by atoms with van der Waals surface area (Å²) in [5.41, 5.74) is 3.01. The normalized spacial score (nSPS) is 9.37. The van der Waals surface area contributed by atoms with Gasteiger partial charge in [-0.2, -0.15) is 0 Å². The van der Waals surface area contributed by atoms with E-state index in [2.05, 4.69) is 39.1 Å². The zero-order chi connectivity index (χ0) is 14.4. The largest absolute Gasteiger partial charge is 0.506 e. The Kier molecular flexibility index (Phi) is 6.36. The van der Waals surface area contributed by atoms with E-state index in [1.165, 1.54) is 0 Å². The van der Waals surface area contributed by atoms with Gasteiger partial charge in [0.2, 0.25) is 0 Å². The third kappa shape index (κ3) is 5.23. The topological polar surface area (TPSA) is 20.2 Å². The molecule has 0 atom stereocenters. The molecule has 88 valence electrons. The van der Waals surface area contributed by atoms with E-state index in [1.807, 2.05) is 49.4 Å². The lowest BCUT2D eigenvalue weighted by atomic mass is 9.08. The fourth-order valence-electron chi connectivity index (χ4n) is 1.57. The molecule has 1 nitrogen and oxygen atoms in total. The van der Waals surface area contributed by atoms with Crippen molar-refractivity contribution >= 4 is 45.5 Å². The maximum atomic E-state index is 9.93. The Morgan fingerprint density at radius 2 is 1.58 bits per heavy atom. The van der Waals surface area contributed by atoms with Crippen LogP contribution >= 0.6 is 15.9 Å². The Morgan fingerprint density at radius 3 is 2.11 bits per heavy atom. The van der Waals surface area contributed by atoms with Crippen LogP contribution in [0.2, 0.25) is 0 Å². The predicted octanol–water partition coefficient (Wildman–Crippen LogP) is 2.61. The van der Waals surface area contributed by atoms with Gasteiger partial charge in [-0.05, 0) is 46.1 Å². The Hall–Kier alpha value is -1.02. The van der Waals surface area contributed by atoms with E-state index in [9.17, 15) is 5.11 Å². The van der Waals surface area contributed by atoms with Gasteiger partial charge in [0.15, 0.2) is 0 Å². The molecule has 0 saturated heterocycles. The molecule has 0 amide bonds. The maximum absolute atomic E-state index is 9.93. The van der Waals surface area contributed by atoms with Gasteiger partial charge in [0.05, 0.1) is 4.47 Å². The molecule has 0 spiro atoms. The van der Waals surface area contributed by atoms with Crippen LogP contribution in [0.5, 0.6) is 5.75 Å². The van der Waals surface area contributed by atoms with Gasteiger partial charge in [-0.25, -0.2) is 0 Å². The van der Waals surface area contributed by atoms with E-state index in [4.69, 9.17) is 0 Å². The molecule has 1 N–H and O–H groups in total. The van der Waals surface area contributed by atoms with E-state index in [0.717, 1.165) is 21.2 Å². The summed E-state index contributed by atoms with van der Waals surface area (Å²) in [4.78, 5) is 0. The van der Waals surface area contributed by atoms with Crippen LogP contribution in [0.25, 0.3) is 11.1 Å². The van der Waals surface area contributed by atoms with E-state index in [-0.39, 0.29) is 0 Å². The Bertz CT molecular complexity index is 529. The van der Waals surface area contributed by atoms with E-state index in [0.29, 0.717) is 5.75 Å². The molecule has 6 heteroatoms. The number of aromatic hydroxyl groups is 1. The van der Waals surface area contributed by atoms with Gasteiger partial charge in [-0.3, -0.25) is 0 Å². The number of halogens is 1. The van der Waals surface area contributed by atoms with Gasteiger partial charge in [-0.1, -0.05) is 30.3 Å². The first-order valence-corrected chi connectivity index (χ1v) is 6.52. The summed E-state index contributed by atoms with van der Waals surface area (Å²) in [6, 6.07) is 13.8. The molecule has 0 aromatic heterocycles. The van der Waals surface area contributed by atoms with Crippen LogP contribution in [-0.4, -0.2) is 34.7 Å². The highest BCUT2D eigenvalue weighted by molar-refractivity contribution is 9.10. The summed E-state index contributed by atoms with van der Waals surface area (Å²) in [6.45, 7) is 2.01. The van der Waals surface area contributed by atoms with Crippen LogP contribution in [0.1, 0.15) is 5.56 Å². The molecule has 0 unspecified atom stereocenters. The second-order valence-corrected chi connectivity index (χ2v) is 4.94. The van der Waals surface area contributed by atoms with E-state index >= 15 is 0 Å². The van der Waals surface area contributed by atoms with Crippen LogP contribution in [-0.2, 0) is 0 Å². The molecule has 2 aromatic rings. The first-order chi connectivity index (χ1) is 8.91. The first-order valence-electron chi connectivity index (χ1n) is 5.73. The Labute approximate surface area is 127 Å². The second kappa shape index (κ2) is 7.54. The van der Waals surface area contributed by atoms with Gasteiger partial charge in [0.1, 0.15) is 5.75 Å². The number of benzene rings is 2. The first kappa shape index (κ1) is 16.0. The Balaban J connectivity index is 0.000000399. The molecule has 0 bridgehead atoms. The number of rotatable bonds is 1. The van der Waals surface area contributed by atoms with E-state index in [1.54, 1.807) is 0 Å². The summed E-state index contributed by atoms with van der Waals surface area (Å²) in [5, 5.41) is 9.93. The molecular weight excluding hydrogens is 295 g/mol. The van der Waals surface area contributed by atoms with Gasteiger partial charge >= 0.3 is 0 Å². The summed E-state index contributed by atoms with van der Waals surface area (Å²) in [6.07, 6.45) is -0.667. The smallest absolute Gasteiger partial charge is 0.137 e. The third-order valence-corrected chi connectivity index (χ3v) is 2.90. The fourth-order valence-corrected chi connectivity index (χ4v) is 2.15. The average molecular weight is 306 g/mol. The maximum Gasteiger partial charge on any atom is 0.137 e. The minimum absolute atomic E-state index is 0.298. The summed E-state index contributed by atoms with van der Waals surface area (Å²) < 4.78 is 0.737. The molecule has 2 rings (SSSR count). The fraction of sp³-hybridized carbons (Fsp3) is 0.0769. The minimum Gasteiger partial charge on any atom is -0.506 e. The summed E-state index contributed by atoms with van der Waals surface area (Å²) >= 11 is 3.34. The van der Waals surface area contributed by atoms with Crippen LogP contribution in [0, 0.1) is 6.92 Å². The lowest BCUT2D eigenvalue weighted by molar-refractivity contribution is 0.474. The molecule has 0 aliphatic rings. The van der Waals surface area contributed by atoms with Crippen molar-refractivity contribution in [3.05, 3.63) is 52.5 Å². The second-order valence-electron chi connectivity index (χ2n) is 4.09. The van der Waals surface area contributed by atoms with Crippen LogP contribution in [0.4, 0.5) is 0 Å². The monoisotopic (exact) mass is 306 g/mol. The highest BCUT2D eigenvalue weighted by atomic mass is 79.9. The van der Waals surface area contributed by atoms with Gasteiger partial charge in [0, 0.05) is 35.2 Å². The average Bonchev–Trinajstić information content (AvgIpc) is 2.34. The zero-order valence-corrected chi connectivity index (χ0v) is 12.3. The quantitative estimate of drug-likeness (QED) is 0.803. The molecule has 2 aromatic carbocycles. The van der Waals surface area contributed by atoms with Crippen LogP contribution in [0.3, 0.4) is 0 Å². The lowest BCUT2D eigenvalue weighted by Gasteiger charge is -2.07. The standard InChI is InChI=1S/C13H11BrO.B4/c1-9-7-11(13(15)12(14)8-9)10-5-3-2-4-6-10;1-4(2)3/h2-8,15H,1H3;. The molecule has 0 aliphatic heterocycles. The van der Waals surface area contributed by atoms with Gasteiger partial charge in [-0.15, -0.1) is 0 Å². The van der Waals surface area contributed by atoms with Gasteiger partial charge < -0.3 is 5.11 Å². The molecule has 0 fully saturated rings. The van der Waals surface area contributed by atoms with Crippen molar-refractivity contribution < 1.29 is 5.11 Å². The van der Waals surface area contributed by atoms with Crippen molar-refractivity contribution in [2.24, 2.45) is 0 Å². The van der Waals surface area contributed by atoms with Crippen LogP contribution < -0.4 is 0 Å². The molecule has 6 radical (unpaired) electrons. The number of phenolic OH excluding ortho intramolecular Hbond substituents is 1. The van der Waals surface area contributed by atoms with Crippen LogP contribution in [0.15, 0.2) is 46.9 Å². The van der Waals surface area contributed by atoms with E-state index < -0.39 is 6.39 Å². The predicted molar refractivity (Wildman–Crippen MR) is 89.0 cm³/mol. The minimum atomic E-state index is -0.667. The Morgan fingerprint density at radius 1 is 1.05 bits per heavy atom. The van der Waals surface area contributed by atoms with Crippen molar-refractivity contribution in [3.63, 3.8) is 0 Å². The van der Waals surface area contributed by atoms with Crippen molar-refractivity contribution in [2.75, 3.05) is 0 Å². The number of aryl methyl sites for hydroxylation is 1. The highest BCUT2D eigenvalue weighted by Crippen LogP contribution is 2.36. The SMILES string of the molecule is Cc1cc(Br)c(O)c(-c2ccccc2)c1.[B]B([B])[B]. The molecular formula is C13H11B4BrO. The van der Waals surface area contributed by atoms with Crippen molar-refractivity contribution in [2.45, 2.75) is 6.92 Å². The number of hydrogen-bond donors (Lipinski definition) is 1. The highest BCUT2D eigenvalue weighted by Gasteiger charge is 2.07. The summed E-state index contributed by atoms with van der Waals surface area (Å²) in [5.74, 6) is 0.298. The third-order valence-electron chi connectivity index (χ3n) is 2.29. The van der Waals surface area contributed by atoms with Gasteiger partial charge in [0.25, 0.3) is 0 Å². The molecule has 0 heterocycles. The number of phenols is 1. The lowest BCUT2D eigenvalue weighted by Crippen LogP contribution is -2.11.